The van der Waals surface area contributed by atoms with E-state index >= 15 is 0 Å². The average molecular weight is 246 g/mol. The van der Waals surface area contributed by atoms with Gasteiger partial charge in [0.1, 0.15) is 0 Å². The molecule has 0 radical (unpaired) electrons. The van der Waals surface area contributed by atoms with E-state index in [4.69, 9.17) is 0 Å². The van der Waals surface area contributed by atoms with Crippen molar-refractivity contribution in [3.63, 3.8) is 0 Å². The lowest BCUT2D eigenvalue weighted by Gasteiger charge is -2.19. The zero-order chi connectivity index (χ0) is 13.0. The van der Waals surface area contributed by atoms with Crippen LogP contribution >= 0.6 is 0 Å². The second-order valence-electron chi connectivity index (χ2n) is 6.06. The molecule has 100 valence electrons. The predicted octanol–water partition coefficient (Wildman–Crippen LogP) is 3.03. The van der Waals surface area contributed by atoms with Crippen LogP contribution in [0, 0.1) is 5.92 Å². The molecule has 1 N–H and O–H groups in total. The molecular formula is C16H26N2. The van der Waals surface area contributed by atoms with Crippen LogP contribution in [0.1, 0.15) is 37.8 Å². The van der Waals surface area contributed by atoms with E-state index in [2.05, 4.69) is 55.4 Å². The fourth-order valence-electron chi connectivity index (χ4n) is 2.31. The van der Waals surface area contributed by atoms with Gasteiger partial charge in [-0.2, -0.15) is 0 Å². The van der Waals surface area contributed by atoms with Crippen molar-refractivity contribution < 1.29 is 0 Å². The van der Waals surface area contributed by atoms with Gasteiger partial charge in [-0.25, -0.2) is 0 Å². The van der Waals surface area contributed by atoms with Gasteiger partial charge >= 0.3 is 0 Å². The van der Waals surface area contributed by atoms with Gasteiger partial charge in [0.25, 0.3) is 0 Å². The lowest BCUT2D eigenvalue weighted by Crippen LogP contribution is -2.22. The zero-order valence-electron chi connectivity index (χ0n) is 11.9. The number of hydrogen-bond donors (Lipinski definition) is 1. The van der Waals surface area contributed by atoms with Gasteiger partial charge in [0.2, 0.25) is 0 Å². The Hall–Kier alpha value is -0.860. The molecule has 1 fully saturated rings. The summed E-state index contributed by atoms with van der Waals surface area (Å²) in [6.45, 7) is 7.76. The van der Waals surface area contributed by atoms with Crippen LogP contribution in [0.2, 0.25) is 0 Å². The molecule has 0 amide bonds. The summed E-state index contributed by atoms with van der Waals surface area (Å²) in [5, 5.41) is 3.55. The third-order valence-electron chi connectivity index (χ3n) is 3.32. The van der Waals surface area contributed by atoms with E-state index in [-0.39, 0.29) is 0 Å². The maximum absolute atomic E-state index is 3.55. The summed E-state index contributed by atoms with van der Waals surface area (Å²) in [7, 11) is 2.20. The van der Waals surface area contributed by atoms with E-state index in [1.807, 2.05) is 0 Å². The molecule has 0 bridgehead atoms. The summed E-state index contributed by atoms with van der Waals surface area (Å²) < 4.78 is 0. The normalized spacial score (nSPS) is 15.6. The number of nitrogens with one attached hydrogen (secondary N) is 1. The van der Waals surface area contributed by atoms with E-state index in [1.54, 1.807) is 0 Å². The van der Waals surface area contributed by atoms with Gasteiger partial charge in [-0.05, 0) is 36.9 Å². The van der Waals surface area contributed by atoms with Crippen LogP contribution in [0.4, 0.5) is 0 Å². The summed E-state index contributed by atoms with van der Waals surface area (Å²) in [4.78, 5) is 2.39. The van der Waals surface area contributed by atoms with Crippen LogP contribution in [-0.2, 0) is 13.1 Å². The molecule has 1 saturated carbocycles. The molecule has 0 spiro atoms. The zero-order valence-corrected chi connectivity index (χ0v) is 11.9. The molecule has 2 nitrogen and oxygen atoms in total. The molecule has 2 heteroatoms. The largest absolute Gasteiger partial charge is 0.310 e. The van der Waals surface area contributed by atoms with Gasteiger partial charge < -0.3 is 10.2 Å². The molecule has 0 aromatic heterocycles. The maximum atomic E-state index is 3.55. The molecule has 0 unspecified atom stereocenters. The van der Waals surface area contributed by atoms with E-state index in [0.29, 0.717) is 0 Å². The van der Waals surface area contributed by atoms with Crippen LogP contribution < -0.4 is 5.32 Å². The van der Waals surface area contributed by atoms with Crippen LogP contribution in [-0.4, -0.2) is 24.5 Å². The van der Waals surface area contributed by atoms with Gasteiger partial charge in [0.05, 0.1) is 0 Å². The summed E-state index contributed by atoms with van der Waals surface area (Å²) in [5.41, 5.74) is 2.81. The topological polar surface area (TPSA) is 15.3 Å². The van der Waals surface area contributed by atoms with Gasteiger partial charge in [-0.3, -0.25) is 0 Å². The summed E-state index contributed by atoms with van der Waals surface area (Å²) in [5.74, 6) is 0.733. The third kappa shape index (κ3) is 4.79. The number of nitrogens with zero attached hydrogens (tertiary/aromatic N) is 1. The Morgan fingerprint density at radius 1 is 1.17 bits per heavy atom. The number of rotatable bonds is 7. The molecule has 0 aliphatic heterocycles. The Balaban J connectivity index is 1.78. The van der Waals surface area contributed by atoms with Crippen molar-refractivity contribution in [1.82, 2.24) is 10.2 Å². The second-order valence-corrected chi connectivity index (χ2v) is 6.06. The molecule has 0 atom stereocenters. The first kappa shape index (κ1) is 13.6. The Morgan fingerprint density at radius 2 is 1.78 bits per heavy atom. The predicted molar refractivity (Wildman–Crippen MR) is 77.5 cm³/mol. The van der Waals surface area contributed by atoms with E-state index < -0.39 is 0 Å². The maximum Gasteiger partial charge on any atom is 0.0230 e. The first-order valence-electron chi connectivity index (χ1n) is 7.13. The van der Waals surface area contributed by atoms with Crippen molar-refractivity contribution in [1.29, 1.82) is 0 Å². The van der Waals surface area contributed by atoms with Gasteiger partial charge in [-0.15, -0.1) is 0 Å². The van der Waals surface area contributed by atoms with Gasteiger partial charge in [0.15, 0.2) is 0 Å². The van der Waals surface area contributed by atoms with Crippen molar-refractivity contribution in [3.8, 4) is 0 Å². The minimum atomic E-state index is 0.733. The molecule has 18 heavy (non-hydrogen) atoms. The monoisotopic (exact) mass is 246 g/mol. The van der Waals surface area contributed by atoms with Crippen molar-refractivity contribution in [2.45, 2.75) is 45.8 Å². The highest BCUT2D eigenvalue weighted by molar-refractivity contribution is 5.22. The lowest BCUT2D eigenvalue weighted by molar-refractivity contribution is 0.288. The molecule has 0 heterocycles. The Labute approximate surface area is 111 Å². The van der Waals surface area contributed by atoms with Crippen LogP contribution in [0.15, 0.2) is 24.3 Å². The summed E-state index contributed by atoms with van der Waals surface area (Å²) >= 11 is 0. The number of benzene rings is 1. The smallest absolute Gasteiger partial charge is 0.0230 e. The molecule has 2 rings (SSSR count). The minimum absolute atomic E-state index is 0.733. The highest BCUT2D eigenvalue weighted by Gasteiger charge is 2.19. The van der Waals surface area contributed by atoms with E-state index in [9.17, 15) is 0 Å². The average Bonchev–Trinajstić information content (AvgIpc) is 3.11. The van der Waals surface area contributed by atoms with Crippen molar-refractivity contribution in [3.05, 3.63) is 35.4 Å². The van der Waals surface area contributed by atoms with Crippen LogP contribution in [0.3, 0.4) is 0 Å². The number of hydrogen-bond acceptors (Lipinski definition) is 2. The first-order chi connectivity index (χ1) is 8.63. The summed E-state index contributed by atoms with van der Waals surface area (Å²) in [6.07, 6.45) is 2.72. The van der Waals surface area contributed by atoms with Crippen LogP contribution in [0.5, 0.6) is 0 Å². The Bertz CT molecular complexity index is 352. The van der Waals surface area contributed by atoms with Crippen LogP contribution in [0.25, 0.3) is 0 Å². The molecule has 1 aromatic rings. The highest BCUT2D eigenvalue weighted by atomic mass is 15.1. The molecule has 1 aromatic carbocycles. The lowest BCUT2D eigenvalue weighted by atomic mass is 10.1. The fourth-order valence-corrected chi connectivity index (χ4v) is 2.31. The van der Waals surface area contributed by atoms with Gasteiger partial charge in [-0.1, -0.05) is 38.1 Å². The SMILES string of the molecule is CC(C)CN(C)Cc1ccc(CNC2CC2)cc1. The van der Waals surface area contributed by atoms with Crippen molar-refractivity contribution in [2.75, 3.05) is 13.6 Å². The molecule has 1 aliphatic rings. The quantitative estimate of drug-likeness (QED) is 0.795. The Kier molecular flexibility index (Phi) is 4.79. The Morgan fingerprint density at radius 3 is 2.33 bits per heavy atom. The van der Waals surface area contributed by atoms with Gasteiger partial charge in [0, 0.05) is 25.7 Å². The first-order valence-corrected chi connectivity index (χ1v) is 7.13. The summed E-state index contributed by atoms with van der Waals surface area (Å²) in [6, 6.07) is 9.84. The van der Waals surface area contributed by atoms with E-state index in [1.165, 1.54) is 24.0 Å². The highest BCUT2D eigenvalue weighted by Crippen LogP contribution is 2.19. The minimum Gasteiger partial charge on any atom is -0.310 e. The van der Waals surface area contributed by atoms with Crippen molar-refractivity contribution >= 4 is 0 Å². The molecule has 0 saturated heterocycles. The third-order valence-corrected chi connectivity index (χ3v) is 3.32. The molecular weight excluding hydrogens is 220 g/mol. The van der Waals surface area contributed by atoms with Crippen molar-refractivity contribution in [2.24, 2.45) is 5.92 Å². The van der Waals surface area contributed by atoms with E-state index in [0.717, 1.165) is 31.6 Å². The standard InChI is InChI=1S/C16H26N2/c1-13(2)11-18(3)12-15-6-4-14(5-7-15)10-17-16-8-9-16/h4-7,13,16-17H,8-12H2,1-3H3. The molecule has 1 aliphatic carbocycles. The second kappa shape index (κ2) is 6.35. The fraction of sp³-hybridized carbons (Fsp3) is 0.625.